The van der Waals surface area contributed by atoms with E-state index in [2.05, 4.69) is 4.90 Å². The molecule has 1 amide bonds. The fourth-order valence-electron chi connectivity index (χ4n) is 3.11. The van der Waals surface area contributed by atoms with Crippen molar-refractivity contribution in [3.63, 3.8) is 0 Å². The number of carbonyl (C=O) groups excluding carboxylic acids is 1. The Morgan fingerprint density at radius 1 is 1.21 bits per heavy atom. The maximum atomic E-state index is 12.4. The number of aliphatic hydroxyl groups is 1. The summed E-state index contributed by atoms with van der Waals surface area (Å²) < 4.78 is 5.03. The zero-order valence-corrected chi connectivity index (χ0v) is 11.9. The summed E-state index contributed by atoms with van der Waals surface area (Å²) >= 11 is 0. The second kappa shape index (κ2) is 6.68. The van der Waals surface area contributed by atoms with Gasteiger partial charge in [-0.3, -0.25) is 9.69 Å². The number of methoxy groups -OCH3 is 1. The molecule has 2 saturated heterocycles. The third-order valence-electron chi connectivity index (χ3n) is 4.20. The molecule has 0 saturated carbocycles. The lowest BCUT2D eigenvalue weighted by atomic mass is 9.90. The van der Waals surface area contributed by atoms with Gasteiger partial charge in [-0.05, 0) is 38.8 Å². The van der Waals surface area contributed by atoms with E-state index in [1.54, 1.807) is 12.0 Å². The van der Waals surface area contributed by atoms with Crippen molar-refractivity contribution in [2.75, 3.05) is 46.4 Å². The maximum Gasteiger partial charge on any atom is 0.255 e. The summed E-state index contributed by atoms with van der Waals surface area (Å²) in [6.45, 7) is 4.37. The van der Waals surface area contributed by atoms with Gasteiger partial charge in [-0.1, -0.05) is 6.42 Å². The highest BCUT2D eigenvalue weighted by Gasteiger charge is 2.43. The number of hydrogen-bond donors (Lipinski definition) is 1. The molecule has 0 bridgehead atoms. The number of amides is 1. The van der Waals surface area contributed by atoms with Crippen LogP contribution in [0, 0.1) is 0 Å². The normalized spacial score (nSPS) is 29.8. The topological polar surface area (TPSA) is 53.0 Å². The van der Waals surface area contributed by atoms with Crippen LogP contribution in [0.15, 0.2) is 0 Å². The van der Waals surface area contributed by atoms with Crippen molar-refractivity contribution in [2.45, 2.75) is 37.7 Å². The Morgan fingerprint density at radius 3 is 2.63 bits per heavy atom. The number of ether oxygens (including phenoxy) is 1. The predicted molar refractivity (Wildman–Crippen MR) is 72.9 cm³/mol. The van der Waals surface area contributed by atoms with Gasteiger partial charge in [0.1, 0.15) is 0 Å². The van der Waals surface area contributed by atoms with Crippen LogP contribution in [0.25, 0.3) is 0 Å². The van der Waals surface area contributed by atoms with Crippen molar-refractivity contribution in [3.8, 4) is 0 Å². The Hall–Kier alpha value is -0.650. The predicted octanol–water partition coefficient (Wildman–Crippen LogP) is 0.472. The van der Waals surface area contributed by atoms with E-state index in [1.807, 2.05) is 0 Å². The van der Waals surface area contributed by atoms with Gasteiger partial charge in [0.2, 0.25) is 0 Å². The van der Waals surface area contributed by atoms with Gasteiger partial charge < -0.3 is 14.7 Å². The summed E-state index contributed by atoms with van der Waals surface area (Å²) in [4.78, 5) is 16.4. The number of likely N-dealkylation sites (tertiary alicyclic amines) is 2. The van der Waals surface area contributed by atoms with Crippen LogP contribution < -0.4 is 0 Å². The molecule has 2 fully saturated rings. The second-order valence-corrected chi connectivity index (χ2v) is 5.76. The molecule has 19 heavy (non-hydrogen) atoms. The molecule has 2 aliphatic rings. The monoisotopic (exact) mass is 270 g/mol. The SMILES string of the molecule is COCCN1CCCC(O)(CN2CCCCC2)C1=O. The average Bonchev–Trinajstić information content (AvgIpc) is 2.42. The number of β-amino-alcohol motifs (C(OH)–C–C–N with tert-alkyl or cyclic N) is 1. The smallest absolute Gasteiger partial charge is 0.255 e. The molecule has 1 atom stereocenters. The van der Waals surface area contributed by atoms with Crippen LogP contribution in [-0.2, 0) is 9.53 Å². The van der Waals surface area contributed by atoms with Crippen molar-refractivity contribution in [1.29, 1.82) is 0 Å². The van der Waals surface area contributed by atoms with Crippen molar-refractivity contribution in [1.82, 2.24) is 9.80 Å². The molecular formula is C14H26N2O3. The van der Waals surface area contributed by atoms with Gasteiger partial charge in [-0.15, -0.1) is 0 Å². The summed E-state index contributed by atoms with van der Waals surface area (Å²) in [6.07, 6.45) is 5.09. The van der Waals surface area contributed by atoms with Crippen LogP contribution in [0.5, 0.6) is 0 Å². The molecule has 2 heterocycles. The molecular weight excluding hydrogens is 244 g/mol. The summed E-state index contributed by atoms with van der Waals surface area (Å²) in [5, 5.41) is 10.7. The average molecular weight is 270 g/mol. The molecule has 2 aliphatic heterocycles. The fourth-order valence-corrected chi connectivity index (χ4v) is 3.11. The van der Waals surface area contributed by atoms with E-state index in [0.717, 1.165) is 26.1 Å². The van der Waals surface area contributed by atoms with Gasteiger partial charge in [0.05, 0.1) is 6.61 Å². The van der Waals surface area contributed by atoms with Crippen molar-refractivity contribution >= 4 is 5.91 Å². The van der Waals surface area contributed by atoms with Gasteiger partial charge in [-0.25, -0.2) is 0 Å². The van der Waals surface area contributed by atoms with Crippen LogP contribution in [0.4, 0.5) is 0 Å². The number of carbonyl (C=O) groups is 1. The Morgan fingerprint density at radius 2 is 1.95 bits per heavy atom. The lowest BCUT2D eigenvalue weighted by molar-refractivity contribution is -0.160. The summed E-state index contributed by atoms with van der Waals surface area (Å²) in [6, 6.07) is 0. The second-order valence-electron chi connectivity index (χ2n) is 5.76. The highest BCUT2D eigenvalue weighted by Crippen LogP contribution is 2.25. The number of hydrogen-bond acceptors (Lipinski definition) is 4. The molecule has 110 valence electrons. The van der Waals surface area contributed by atoms with Crippen molar-refractivity contribution in [2.24, 2.45) is 0 Å². The molecule has 1 N–H and O–H groups in total. The molecule has 0 aromatic rings. The Labute approximate surface area is 115 Å². The first kappa shape index (κ1) is 14.8. The van der Waals surface area contributed by atoms with E-state index in [-0.39, 0.29) is 5.91 Å². The van der Waals surface area contributed by atoms with Gasteiger partial charge in [0.25, 0.3) is 5.91 Å². The van der Waals surface area contributed by atoms with Crippen LogP contribution in [-0.4, -0.2) is 72.9 Å². The minimum Gasteiger partial charge on any atom is -0.383 e. The largest absolute Gasteiger partial charge is 0.383 e. The van der Waals surface area contributed by atoms with Gasteiger partial charge in [-0.2, -0.15) is 0 Å². The minimum absolute atomic E-state index is 0.110. The molecule has 0 aromatic carbocycles. The Kier molecular flexibility index (Phi) is 5.19. The summed E-state index contributed by atoms with van der Waals surface area (Å²) in [5.41, 5.74) is -1.18. The van der Waals surface area contributed by atoms with Gasteiger partial charge in [0.15, 0.2) is 5.60 Å². The molecule has 0 spiro atoms. The first-order chi connectivity index (χ1) is 9.15. The molecule has 5 heteroatoms. The number of rotatable bonds is 5. The van der Waals surface area contributed by atoms with Gasteiger partial charge in [0, 0.05) is 26.7 Å². The van der Waals surface area contributed by atoms with Crippen LogP contribution in [0.2, 0.25) is 0 Å². The number of nitrogens with zero attached hydrogens (tertiary/aromatic N) is 2. The van der Waals surface area contributed by atoms with Crippen LogP contribution in [0.3, 0.4) is 0 Å². The third kappa shape index (κ3) is 3.68. The van der Waals surface area contributed by atoms with E-state index < -0.39 is 5.60 Å². The quantitative estimate of drug-likeness (QED) is 0.789. The third-order valence-corrected chi connectivity index (χ3v) is 4.20. The molecule has 0 radical (unpaired) electrons. The standard InChI is InChI=1S/C14H26N2O3/c1-19-11-10-16-9-5-6-14(18,13(16)17)12-15-7-3-2-4-8-15/h18H,2-12H2,1H3. The molecule has 1 unspecified atom stereocenters. The van der Waals surface area contributed by atoms with E-state index in [4.69, 9.17) is 4.74 Å². The molecule has 0 aliphatic carbocycles. The highest BCUT2D eigenvalue weighted by molar-refractivity contribution is 5.86. The lowest BCUT2D eigenvalue weighted by Crippen LogP contribution is -2.59. The Bertz CT molecular complexity index is 305. The lowest BCUT2D eigenvalue weighted by Gasteiger charge is -2.41. The molecule has 0 aromatic heterocycles. The van der Waals surface area contributed by atoms with Crippen LogP contribution in [0.1, 0.15) is 32.1 Å². The fraction of sp³-hybridized carbons (Fsp3) is 0.929. The molecule has 2 rings (SSSR count). The van der Waals surface area contributed by atoms with Crippen LogP contribution >= 0.6 is 0 Å². The highest BCUT2D eigenvalue weighted by atomic mass is 16.5. The van der Waals surface area contributed by atoms with E-state index in [0.29, 0.717) is 26.1 Å². The van der Waals surface area contributed by atoms with E-state index in [9.17, 15) is 9.90 Å². The van der Waals surface area contributed by atoms with E-state index in [1.165, 1.54) is 19.3 Å². The molecule has 5 nitrogen and oxygen atoms in total. The van der Waals surface area contributed by atoms with Crippen molar-refractivity contribution < 1.29 is 14.6 Å². The summed E-state index contributed by atoms with van der Waals surface area (Å²) in [5.74, 6) is -0.110. The number of piperidine rings is 2. The van der Waals surface area contributed by atoms with Gasteiger partial charge >= 0.3 is 0 Å². The first-order valence-corrected chi connectivity index (χ1v) is 7.39. The first-order valence-electron chi connectivity index (χ1n) is 7.39. The zero-order valence-electron chi connectivity index (χ0n) is 11.9. The summed E-state index contributed by atoms with van der Waals surface area (Å²) in [7, 11) is 1.63. The zero-order chi connectivity index (χ0) is 13.7. The minimum atomic E-state index is -1.18. The maximum absolute atomic E-state index is 12.4. The van der Waals surface area contributed by atoms with E-state index >= 15 is 0 Å². The van der Waals surface area contributed by atoms with Crippen molar-refractivity contribution in [3.05, 3.63) is 0 Å². The Balaban J connectivity index is 1.93.